The monoisotopic (exact) mass is 483 g/mol. The highest BCUT2D eigenvalue weighted by molar-refractivity contribution is 6.32. The van der Waals surface area contributed by atoms with E-state index < -0.39 is 4.92 Å². The Balaban J connectivity index is 1.62. The first-order valence-corrected chi connectivity index (χ1v) is 10.7. The highest BCUT2D eigenvalue weighted by atomic mass is 35.5. The molecule has 0 aliphatic heterocycles. The zero-order chi connectivity index (χ0) is 24.3. The van der Waals surface area contributed by atoms with Gasteiger partial charge in [0.15, 0.2) is 18.1 Å². The Bertz CT molecular complexity index is 1170. The van der Waals surface area contributed by atoms with Crippen molar-refractivity contribution in [3.05, 3.63) is 93.0 Å². The number of hydrogen-bond donors (Lipinski definition) is 1. The van der Waals surface area contributed by atoms with Crippen LogP contribution in [0.25, 0.3) is 0 Å². The lowest BCUT2D eigenvalue weighted by Crippen LogP contribution is -2.20. The van der Waals surface area contributed by atoms with Gasteiger partial charge in [0.05, 0.1) is 22.8 Å². The number of hydrogen-bond acceptors (Lipinski definition) is 7. The molecule has 1 N–H and O–H groups in total. The minimum absolute atomic E-state index is 0.0220. The van der Waals surface area contributed by atoms with Crippen molar-refractivity contribution in [2.24, 2.45) is 5.16 Å². The molecule has 0 aliphatic rings. The molecule has 0 saturated heterocycles. The first-order valence-electron chi connectivity index (χ1n) is 10.3. The van der Waals surface area contributed by atoms with Gasteiger partial charge in [0.25, 0.3) is 11.6 Å². The summed E-state index contributed by atoms with van der Waals surface area (Å²) in [4.78, 5) is 27.8. The number of oxime groups is 1. The van der Waals surface area contributed by atoms with Crippen molar-refractivity contribution in [2.75, 3.05) is 18.5 Å². The molecular weight excluding hydrogens is 462 g/mol. The fourth-order valence-electron chi connectivity index (χ4n) is 2.89. The highest BCUT2D eigenvalue weighted by Crippen LogP contribution is 2.36. The molecule has 9 nitrogen and oxygen atoms in total. The fourth-order valence-corrected chi connectivity index (χ4v) is 3.17. The van der Waals surface area contributed by atoms with Crippen LogP contribution in [-0.4, -0.2) is 30.3 Å². The normalized spacial score (nSPS) is 10.6. The number of non-ortho nitro benzene ring substituents is 1. The zero-order valence-corrected chi connectivity index (χ0v) is 19.0. The molecule has 0 unspecified atom stereocenters. The van der Waals surface area contributed by atoms with Crippen LogP contribution in [0, 0.1) is 10.1 Å². The number of amides is 1. The summed E-state index contributed by atoms with van der Waals surface area (Å²) >= 11 is 6.37. The average Bonchev–Trinajstić information content (AvgIpc) is 2.82. The van der Waals surface area contributed by atoms with Gasteiger partial charge in [0.1, 0.15) is 6.61 Å². The van der Waals surface area contributed by atoms with Gasteiger partial charge in [-0.05, 0) is 36.8 Å². The van der Waals surface area contributed by atoms with E-state index in [0.29, 0.717) is 29.2 Å². The summed E-state index contributed by atoms with van der Waals surface area (Å²) in [5.74, 6) is 0.244. The SMILES string of the molecule is CCOc1cc(/C=N\OCc2cccc([N+](=O)[O-])c2)cc(Cl)c1OCC(=O)Nc1ccccc1. The van der Waals surface area contributed by atoms with Crippen molar-refractivity contribution < 1.29 is 24.0 Å². The number of rotatable bonds is 11. The Morgan fingerprint density at radius 2 is 1.91 bits per heavy atom. The zero-order valence-electron chi connectivity index (χ0n) is 18.3. The predicted octanol–water partition coefficient (Wildman–Crippen LogP) is 5.22. The van der Waals surface area contributed by atoms with Crippen LogP contribution in [0.2, 0.25) is 5.02 Å². The number of nitrogens with zero attached hydrogens (tertiary/aromatic N) is 2. The van der Waals surface area contributed by atoms with Crippen molar-refractivity contribution >= 4 is 35.1 Å². The van der Waals surface area contributed by atoms with E-state index in [0.717, 1.165) is 0 Å². The number of para-hydroxylation sites is 1. The van der Waals surface area contributed by atoms with Crippen LogP contribution < -0.4 is 14.8 Å². The summed E-state index contributed by atoms with van der Waals surface area (Å²) in [6, 6.07) is 18.4. The molecule has 3 aromatic rings. The number of carbonyl (C=O) groups excluding carboxylic acids is 1. The minimum atomic E-state index is -0.473. The van der Waals surface area contributed by atoms with Crippen molar-refractivity contribution in [1.29, 1.82) is 0 Å². The van der Waals surface area contributed by atoms with Gasteiger partial charge in [-0.15, -0.1) is 0 Å². The van der Waals surface area contributed by atoms with Crippen molar-refractivity contribution in [1.82, 2.24) is 0 Å². The first-order chi connectivity index (χ1) is 16.5. The van der Waals surface area contributed by atoms with Crippen LogP contribution in [0.15, 0.2) is 71.9 Å². The molecule has 176 valence electrons. The Kier molecular flexibility index (Phi) is 8.81. The summed E-state index contributed by atoms with van der Waals surface area (Å²) in [6.45, 7) is 1.96. The molecule has 0 fully saturated rings. The van der Waals surface area contributed by atoms with Crippen LogP contribution in [0.1, 0.15) is 18.1 Å². The lowest BCUT2D eigenvalue weighted by Gasteiger charge is -2.14. The van der Waals surface area contributed by atoms with Gasteiger partial charge in [-0.25, -0.2) is 0 Å². The van der Waals surface area contributed by atoms with Crippen LogP contribution in [0.5, 0.6) is 11.5 Å². The lowest BCUT2D eigenvalue weighted by atomic mass is 10.2. The van der Waals surface area contributed by atoms with Crippen LogP contribution >= 0.6 is 11.6 Å². The molecular formula is C24H22ClN3O6. The van der Waals surface area contributed by atoms with E-state index in [-0.39, 0.29) is 35.6 Å². The summed E-state index contributed by atoms with van der Waals surface area (Å²) < 4.78 is 11.2. The Morgan fingerprint density at radius 3 is 2.65 bits per heavy atom. The number of ether oxygens (including phenoxy) is 2. The van der Waals surface area contributed by atoms with Gasteiger partial charge in [-0.3, -0.25) is 14.9 Å². The number of halogens is 1. The van der Waals surface area contributed by atoms with E-state index in [9.17, 15) is 14.9 Å². The van der Waals surface area contributed by atoms with E-state index in [1.165, 1.54) is 18.3 Å². The maximum Gasteiger partial charge on any atom is 0.269 e. The van der Waals surface area contributed by atoms with E-state index in [1.807, 2.05) is 25.1 Å². The molecule has 10 heteroatoms. The molecule has 0 heterocycles. The Morgan fingerprint density at radius 1 is 1.12 bits per heavy atom. The lowest BCUT2D eigenvalue weighted by molar-refractivity contribution is -0.384. The first kappa shape index (κ1) is 24.5. The molecule has 0 bridgehead atoms. The summed E-state index contributed by atoms with van der Waals surface area (Å²) in [5, 5.41) is 17.7. The summed E-state index contributed by atoms with van der Waals surface area (Å²) in [6.07, 6.45) is 1.43. The van der Waals surface area contributed by atoms with Crippen molar-refractivity contribution in [3.63, 3.8) is 0 Å². The number of benzene rings is 3. The highest BCUT2D eigenvalue weighted by Gasteiger charge is 2.14. The van der Waals surface area contributed by atoms with Gasteiger partial charge >= 0.3 is 0 Å². The molecule has 34 heavy (non-hydrogen) atoms. The van der Waals surface area contributed by atoms with Crippen molar-refractivity contribution in [2.45, 2.75) is 13.5 Å². The number of nitro benzene ring substituents is 1. The van der Waals surface area contributed by atoms with Gasteiger partial charge < -0.3 is 19.6 Å². The molecule has 0 aromatic heterocycles. The van der Waals surface area contributed by atoms with Gasteiger partial charge in [0.2, 0.25) is 0 Å². The maximum atomic E-state index is 12.2. The standard InChI is InChI=1S/C24H22ClN3O6/c1-2-32-22-13-18(14-26-34-15-17-7-6-10-20(11-17)28(30)31)12-21(25)24(22)33-16-23(29)27-19-8-4-3-5-9-19/h3-14H,2,15-16H2,1H3,(H,27,29)/b26-14-. The molecule has 3 rings (SSSR count). The predicted molar refractivity (Wildman–Crippen MR) is 129 cm³/mol. The number of nitro groups is 1. The van der Waals surface area contributed by atoms with E-state index in [4.69, 9.17) is 25.9 Å². The second kappa shape index (κ2) is 12.2. The second-order valence-electron chi connectivity index (χ2n) is 6.90. The molecule has 0 atom stereocenters. The minimum Gasteiger partial charge on any atom is -0.490 e. The van der Waals surface area contributed by atoms with Crippen LogP contribution in [-0.2, 0) is 16.2 Å². The third kappa shape index (κ3) is 7.21. The molecule has 3 aromatic carbocycles. The van der Waals surface area contributed by atoms with Gasteiger partial charge in [-0.2, -0.15) is 0 Å². The third-order valence-corrected chi connectivity index (χ3v) is 4.65. The van der Waals surface area contributed by atoms with Gasteiger partial charge in [-0.1, -0.05) is 47.1 Å². The van der Waals surface area contributed by atoms with Crippen LogP contribution in [0.4, 0.5) is 11.4 Å². The molecule has 0 saturated carbocycles. The Hall–Kier alpha value is -4.11. The van der Waals surface area contributed by atoms with Crippen molar-refractivity contribution in [3.8, 4) is 11.5 Å². The molecule has 0 aliphatic carbocycles. The molecule has 0 spiro atoms. The second-order valence-corrected chi connectivity index (χ2v) is 7.31. The molecule has 1 amide bonds. The van der Waals surface area contributed by atoms with E-state index >= 15 is 0 Å². The maximum absolute atomic E-state index is 12.2. The number of anilines is 1. The topological polar surface area (TPSA) is 112 Å². The van der Waals surface area contributed by atoms with Gasteiger partial charge in [0, 0.05) is 23.4 Å². The van der Waals surface area contributed by atoms with E-state index in [2.05, 4.69) is 10.5 Å². The fraction of sp³-hybridized carbons (Fsp3) is 0.167. The average molecular weight is 484 g/mol. The van der Waals surface area contributed by atoms with E-state index in [1.54, 1.807) is 36.4 Å². The quantitative estimate of drug-likeness (QED) is 0.227. The summed E-state index contributed by atoms with van der Waals surface area (Å²) in [5.41, 5.74) is 1.82. The largest absolute Gasteiger partial charge is 0.490 e. The smallest absolute Gasteiger partial charge is 0.269 e. The number of carbonyl (C=O) groups is 1. The third-order valence-electron chi connectivity index (χ3n) is 4.37. The summed E-state index contributed by atoms with van der Waals surface area (Å²) in [7, 11) is 0. The molecule has 0 radical (unpaired) electrons. The Labute approximate surface area is 201 Å². The van der Waals surface area contributed by atoms with Crippen LogP contribution in [0.3, 0.4) is 0 Å². The number of nitrogens with one attached hydrogen (secondary N) is 1.